The molecule has 0 spiro atoms. The van der Waals surface area contributed by atoms with Gasteiger partial charge in [-0.15, -0.1) is 0 Å². The number of nitriles is 1. The summed E-state index contributed by atoms with van der Waals surface area (Å²) in [6.45, 7) is 2.22. The largest absolute Gasteiger partial charge is 0.491 e. The minimum Gasteiger partial charge on any atom is -0.491 e. The van der Waals surface area contributed by atoms with Crippen LogP contribution in [0.3, 0.4) is 0 Å². The van der Waals surface area contributed by atoms with E-state index in [2.05, 4.69) is 0 Å². The number of ether oxygens (including phenoxy) is 2. The molecule has 0 aromatic heterocycles. The van der Waals surface area contributed by atoms with Crippen molar-refractivity contribution < 1.29 is 18.7 Å². The number of hydrogen-bond acceptors (Lipinski definition) is 4. The first kappa shape index (κ1) is 18.5. The van der Waals surface area contributed by atoms with Crippen LogP contribution >= 0.6 is 11.6 Å². The fourth-order valence-electron chi connectivity index (χ4n) is 2.20. The van der Waals surface area contributed by atoms with Gasteiger partial charge in [0, 0.05) is 5.56 Å². The fraction of sp³-hybridized carbons (Fsp3) is 0.158. The average molecular weight is 360 g/mol. The molecule has 2 aromatic rings. The van der Waals surface area contributed by atoms with E-state index in [9.17, 15) is 14.4 Å². The molecule has 0 heterocycles. The van der Waals surface area contributed by atoms with E-state index in [0.29, 0.717) is 28.7 Å². The number of methoxy groups -OCH3 is 1. The number of carbonyl (C=O) groups is 1. The Morgan fingerprint density at radius 2 is 2.00 bits per heavy atom. The zero-order valence-electron chi connectivity index (χ0n) is 13.7. The van der Waals surface area contributed by atoms with Gasteiger partial charge in [0.1, 0.15) is 17.5 Å². The van der Waals surface area contributed by atoms with E-state index in [1.54, 1.807) is 12.1 Å². The summed E-state index contributed by atoms with van der Waals surface area (Å²) in [7, 11) is 1.47. The average Bonchev–Trinajstić information content (AvgIpc) is 2.60. The Morgan fingerprint density at radius 1 is 1.32 bits per heavy atom. The molecule has 0 aliphatic rings. The molecule has 0 atom stereocenters. The predicted octanol–water partition coefficient (Wildman–Crippen LogP) is 4.68. The summed E-state index contributed by atoms with van der Waals surface area (Å²) in [5.74, 6) is -0.172. The topological polar surface area (TPSA) is 59.3 Å². The van der Waals surface area contributed by atoms with Crippen molar-refractivity contribution >= 4 is 23.5 Å². The van der Waals surface area contributed by atoms with Crippen molar-refractivity contribution in [3.05, 3.63) is 63.9 Å². The number of ketones is 1. The van der Waals surface area contributed by atoms with Crippen LogP contribution in [0.15, 0.2) is 42.0 Å². The normalized spacial score (nSPS) is 10.9. The molecule has 2 rings (SSSR count). The highest BCUT2D eigenvalue weighted by Gasteiger charge is 2.15. The molecule has 0 aliphatic heterocycles. The number of benzene rings is 2. The molecule has 0 radical (unpaired) electrons. The van der Waals surface area contributed by atoms with Crippen molar-refractivity contribution in [2.24, 2.45) is 0 Å². The highest BCUT2D eigenvalue weighted by atomic mass is 35.5. The van der Waals surface area contributed by atoms with Crippen LogP contribution in [0.4, 0.5) is 4.39 Å². The third-order valence-electron chi connectivity index (χ3n) is 3.32. The van der Waals surface area contributed by atoms with Gasteiger partial charge in [-0.2, -0.15) is 5.26 Å². The summed E-state index contributed by atoms with van der Waals surface area (Å²) < 4.78 is 23.7. The lowest BCUT2D eigenvalue weighted by Gasteiger charge is -2.12. The van der Waals surface area contributed by atoms with Gasteiger partial charge in [0.25, 0.3) is 0 Å². The molecule has 0 N–H and O–H groups in total. The molecular formula is C19H15ClFNO3. The van der Waals surface area contributed by atoms with Gasteiger partial charge >= 0.3 is 0 Å². The second kappa shape index (κ2) is 8.32. The monoisotopic (exact) mass is 359 g/mol. The van der Waals surface area contributed by atoms with Crippen molar-refractivity contribution in [1.82, 2.24) is 0 Å². The van der Waals surface area contributed by atoms with Crippen LogP contribution in [0.1, 0.15) is 22.8 Å². The zero-order valence-corrected chi connectivity index (χ0v) is 14.4. The van der Waals surface area contributed by atoms with Gasteiger partial charge < -0.3 is 9.47 Å². The molecule has 0 amide bonds. The summed E-state index contributed by atoms with van der Waals surface area (Å²) in [5.41, 5.74) is 0.635. The molecule has 0 aliphatic carbocycles. The molecular weight excluding hydrogens is 345 g/mol. The Labute approximate surface area is 150 Å². The van der Waals surface area contributed by atoms with Crippen molar-refractivity contribution in [3.8, 4) is 17.6 Å². The van der Waals surface area contributed by atoms with E-state index in [4.69, 9.17) is 21.1 Å². The van der Waals surface area contributed by atoms with Crippen LogP contribution in [-0.2, 0) is 0 Å². The van der Waals surface area contributed by atoms with Crippen molar-refractivity contribution in [2.45, 2.75) is 6.92 Å². The van der Waals surface area contributed by atoms with Gasteiger partial charge in [-0.25, -0.2) is 4.39 Å². The Morgan fingerprint density at radius 3 is 2.56 bits per heavy atom. The van der Waals surface area contributed by atoms with Crippen molar-refractivity contribution in [3.63, 3.8) is 0 Å². The third-order valence-corrected chi connectivity index (χ3v) is 3.60. The Bertz CT molecular complexity index is 854. The second-order valence-electron chi connectivity index (χ2n) is 4.97. The minimum absolute atomic E-state index is 0.102. The smallest absolute Gasteiger partial charge is 0.203 e. The SMILES string of the molecule is CCOc1cc(/C=C(\C#N)C(=O)c2ccc(F)cc2)cc(Cl)c1OC. The summed E-state index contributed by atoms with van der Waals surface area (Å²) in [6.07, 6.45) is 1.40. The van der Waals surface area contributed by atoms with E-state index in [0.717, 1.165) is 0 Å². The van der Waals surface area contributed by atoms with Gasteiger partial charge in [0.05, 0.1) is 18.7 Å². The summed E-state index contributed by atoms with van der Waals surface area (Å²) >= 11 is 6.17. The fourth-order valence-corrected chi connectivity index (χ4v) is 2.50. The Hall–Kier alpha value is -2.84. The molecule has 0 saturated carbocycles. The van der Waals surface area contributed by atoms with Gasteiger partial charge in [0.2, 0.25) is 5.78 Å². The molecule has 128 valence electrons. The molecule has 4 nitrogen and oxygen atoms in total. The Kier molecular flexibility index (Phi) is 6.15. The summed E-state index contributed by atoms with van der Waals surface area (Å²) in [4.78, 5) is 12.4. The van der Waals surface area contributed by atoms with Crippen molar-refractivity contribution in [2.75, 3.05) is 13.7 Å². The summed E-state index contributed by atoms with van der Waals surface area (Å²) in [6, 6.07) is 10.1. The lowest BCUT2D eigenvalue weighted by molar-refractivity contribution is 0.104. The molecule has 6 heteroatoms. The Balaban J connectivity index is 2.44. The number of rotatable bonds is 6. The highest BCUT2D eigenvalue weighted by molar-refractivity contribution is 6.32. The highest BCUT2D eigenvalue weighted by Crippen LogP contribution is 2.37. The number of Topliss-reactive ketones (excluding diaryl/α,β-unsaturated/α-hetero) is 1. The molecule has 0 bridgehead atoms. The third kappa shape index (κ3) is 4.37. The lowest BCUT2D eigenvalue weighted by Crippen LogP contribution is -2.02. The molecule has 0 fully saturated rings. The zero-order chi connectivity index (χ0) is 18.4. The maximum absolute atomic E-state index is 13.0. The van der Waals surface area contributed by atoms with E-state index in [1.165, 1.54) is 37.5 Å². The lowest BCUT2D eigenvalue weighted by atomic mass is 10.0. The van der Waals surface area contributed by atoms with Crippen LogP contribution in [0.25, 0.3) is 6.08 Å². The molecule has 0 saturated heterocycles. The first-order valence-electron chi connectivity index (χ1n) is 7.42. The van der Waals surface area contributed by atoms with E-state index < -0.39 is 11.6 Å². The number of halogens is 2. The molecule has 25 heavy (non-hydrogen) atoms. The van der Waals surface area contributed by atoms with Crippen LogP contribution in [-0.4, -0.2) is 19.5 Å². The second-order valence-corrected chi connectivity index (χ2v) is 5.38. The summed E-state index contributed by atoms with van der Waals surface area (Å²) in [5, 5.41) is 9.61. The maximum atomic E-state index is 13.0. The van der Waals surface area contributed by atoms with E-state index >= 15 is 0 Å². The van der Waals surface area contributed by atoms with Crippen LogP contribution in [0.5, 0.6) is 11.5 Å². The maximum Gasteiger partial charge on any atom is 0.203 e. The van der Waals surface area contributed by atoms with Gasteiger partial charge in [-0.05, 0) is 55.0 Å². The van der Waals surface area contributed by atoms with E-state index in [-0.39, 0.29) is 11.1 Å². The van der Waals surface area contributed by atoms with Crippen molar-refractivity contribution in [1.29, 1.82) is 5.26 Å². The molecule has 2 aromatic carbocycles. The first-order valence-corrected chi connectivity index (χ1v) is 7.80. The van der Waals surface area contributed by atoms with Gasteiger partial charge in [0.15, 0.2) is 11.5 Å². The van der Waals surface area contributed by atoms with E-state index in [1.807, 2.05) is 13.0 Å². The standard InChI is InChI=1S/C19H15ClFNO3/c1-3-25-17-10-12(9-16(20)19(17)24-2)8-14(11-22)18(23)13-4-6-15(21)7-5-13/h4-10H,3H2,1-2H3/b14-8+. The predicted molar refractivity (Wildman–Crippen MR) is 93.5 cm³/mol. The van der Waals surface area contributed by atoms with Gasteiger partial charge in [-0.1, -0.05) is 11.6 Å². The molecule has 0 unspecified atom stereocenters. The van der Waals surface area contributed by atoms with Crippen LogP contribution in [0.2, 0.25) is 5.02 Å². The quantitative estimate of drug-likeness (QED) is 0.427. The van der Waals surface area contributed by atoms with Crippen LogP contribution in [0, 0.1) is 17.1 Å². The van der Waals surface area contributed by atoms with Crippen LogP contribution < -0.4 is 9.47 Å². The number of allylic oxidation sites excluding steroid dienone is 1. The number of hydrogen-bond donors (Lipinski definition) is 0. The number of nitrogens with zero attached hydrogens (tertiary/aromatic N) is 1. The number of carbonyl (C=O) groups excluding carboxylic acids is 1. The van der Waals surface area contributed by atoms with Gasteiger partial charge in [-0.3, -0.25) is 4.79 Å². The minimum atomic E-state index is -0.507. The first-order chi connectivity index (χ1) is 12.0.